The van der Waals surface area contributed by atoms with Crippen LogP contribution in [-0.2, 0) is 0 Å². The molecule has 8 heteroatoms. The minimum atomic E-state index is -1.71. The highest BCUT2D eigenvalue weighted by Gasteiger charge is 2.34. The van der Waals surface area contributed by atoms with E-state index in [0.717, 1.165) is 12.8 Å². The maximum absolute atomic E-state index is 12.4. The summed E-state index contributed by atoms with van der Waals surface area (Å²) < 4.78 is 0.190. The minimum absolute atomic E-state index is 0.321. The van der Waals surface area contributed by atoms with Crippen LogP contribution < -0.4 is 10.6 Å². The fourth-order valence-corrected chi connectivity index (χ4v) is 3.19. The van der Waals surface area contributed by atoms with Gasteiger partial charge in [-0.25, -0.2) is 0 Å². The zero-order valence-electron chi connectivity index (χ0n) is 11.5. The number of alkyl halides is 3. The van der Waals surface area contributed by atoms with Crippen LogP contribution in [0.2, 0.25) is 0 Å². The van der Waals surface area contributed by atoms with Crippen LogP contribution in [0.15, 0.2) is 48.5 Å². The quantitative estimate of drug-likeness (QED) is 0.281. The Morgan fingerprint density at radius 2 is 1.74 bits per heavy atom. The Kier molecular flexibility index (Phi) is 7.09. The standard InChI is InChI=1S/C15H11Cl3I2N2O/c16-15(17,18)14(21-12-7-2-1-6-11(12)20)22-13(23)9-4-3-5-10(19)8-9/h1-8,14,21H,(H,22,23). The average molecular weight is 595 g/mol. The van der Waals surface area contributed by atoms with Crippen LogP contribution in [0.1, 0.15) is 10.4 Å². The average Bonchev–Trinajstić information content (AvgIpc) is 2.47. The molecular formula is C15H11Cl3I2N2O. The summed E-state index contributed by atoms with van der Waals surface area (Å²) >= 11 is 22.3. The summed E-state index contributed by atoms with van der Waals surface area (Å²) in [6, 6.07) is 14.7. The number of amides is 1. The van der Waals surface area contributed by atoms with Gasteiger partial charge >= 0.3 is 0 Å². The molecule has 0 saturated carbocycles. The van der Waals surface area contributed by atoms with E-state index in [2.05, 4.69) is 55.8 Å². The third-order valence-electron chi connectivity index (χ3n) is 2.86. The van der Waals surface area contributed by atoms with Crippen LogP contribution in [-0.4, -0.2) is 15.9 Å². The Hall–Kier alpha value is 0.0400. The molecule has 0 bridgehead atoms. The fraction of sp³-hybridized carbons (Fsp3) is 0.133. The third-order valence-corrected chi connectivity index (χ3v) is 5.13. The maximum atomic E-state index is 12.4. The summed E-state index contributed by atoms with van der Waals surface area (Å²) in [6.45, 7) is 0. The number of para-hydroxylation sites is 1. The highest BCUT2D eigenvalue weighted by Crippen LogP contribution is 2.32. The molecule has 0 spiro atoms. The van der Waals surface area contributed by atoms with Gasteiger partial charge in [0, 0.05) is 18.4 Å². The molecule has 0 fully saturated rings. The van der Waals surface area contributed by atoms with E-state index in [9.17, 15) is 4.79 Å². The Morgan fingerprint density at radius 1 is 1.04 bits per heavy atom. The molecule has 0 radical (unpaired) electrons. The lowest BCUT2D eigenvalue weighted by Gasteiger charge is -2.28. The molecule has 1 amide bonds. The van der Waals surface area contributed by atoms with Crippen LogP contribution >= 0.6 is 80.0 Å². The number of anilines is 1. The number of halogens is 5. The van der Waals surface area contributed by atoms with Crippen molar-refractivity contribution in [3.05, 3.63) is 61.2 Å². The van der Waals surface area contributed by atoms with Crippen molar-refractivity contribution in [1.29, 1.82) is 0 Å². The van der Waals surface area contributed by atoms with Gasteiger partial charge in [-0.3, -0.25) is 4.79 Å². The number of rotatable bonds is 4. The largest absolute Gasteiger partial charge is 0.361 e. The Bertz CT molecular complexity index is 707. The molecule has 0 heterocycles. The van der Waals surface area contributed by atoms with Crippen molar-refractivity contribution in [1.82, 2.24) is 5.32 Å². The van der Waals surface area contributed by atoms with Crippen molar-refractivity contribution >= 4 is 91.6 Å². The molecular weight excluding hydrogens is 584 g/mol. The summed E-state index contributed by atoms with van der Waals surface area (Å²) in [4.78, 5) is 12.4. The number of hydrogen-bond donors (Lipinski definition) is 2. The fourth-order valence-electron chi connectivity index (χ4n) is 1.78. The molecule has 0 aliphatic heterocycles. The summed E-state index contributed by atoms with van der Waals surface area (Å²) in [5.41, 5.74) is 1.27. The first-order valence-corrected chi connectivity index (χ1v) is 9.71. The normalized spacial score (nSPS) is 12.6. The predicted molar refractivity (Wildman–Crippen MR) is 113 cm³/mol. The zero-order chi connectivity index (χ0) is 17.0. The van der Waals surface area contributed by atoms with E-state index in [1.54, 1.807) is 18.2 Å². The Balaban J connectivity index is 2.20. The third kappa shape index (κ3) is 5.81. The second kappa shape index (κ2) is 8.42. The van der Waals surface area contributed by atoms with Crippen molar-refractivity contribution in [2.45, 2.75) is 9.96 Å². The maximum Gasteiger partial charge on any atom is 0.253 e. The lowest BCUT2D eigenvalue weighted by atomic mass is 10.2. The molecule has 0 aliphatic carbocycles. The van der Waals surface area contributed by atoms with Crippen molar-refractivity contribution in [3.63, 3.8) is 0 Å². The molecule has 0 aromatic heterocycles. The van der Waals surface area contributed by atoms with Gasteiger partial charge in [-0.05, 0) is 75.5 Å². The molecule has 0 saturated heterocycles. The molecule has 2 rings (SSSR count). The number of nitrogens with one attached hydrogen (secondary N) is 2. The molecule has 2 aromatic carbocycles. The van der Waals surface area contributed by atoms with Crippen LogP contribution in [0.25, 0.3) is 0 Å². The van der Waals surface area contributed by atoms with E-state index in [1.165, 1.54) is 0 Å². The molecule has 0 aliphatic rings. The number of benzene rings is 2. The van der Waals surface area contributed by atoms with Gasteiger partial charge in [0.15, 0.2) is 0 Å². The molecule has 2 N–H and O–H groups in total. The van der Waals surface area contributed by atoms with Crippen molar-refractivity contribution in [2.75, 3.05) is 5.32 Å². The summed E-state index contributed by atoms with van der Waals surface area (Å²) in [5, 5.41) is 5.79. The van der Waals surface area contributed by atoms with Gasteiger partial charge in [-0.2, -0.15) is 0 Å². The van der Waals surface area contributed by atoms with E-state index >= 15 is 0 Å². The van der Waals surface area contributed by atoms with E-state index in [-0.39, 0.29) is 5.91 Å². The highest BCUT2D eigenvalue weighted by molar-refractivity contribution is 14.1. The highest BCUT2D eigenvalue weighted by atomic mass is 127. The smallest absolute Gasteiger partial charge is 0.253 e. The van der Waals surface area contributed by atoms with E-state index < -0.39 is 9.96 Å². The Labute approximate surface area is 176 Å². The number of hydrogen-bond acceptors (Lipinski definition) is 2. The minimum Gasteiger partial charge on any atom is -0.361 e. The molecule has 1 unspecified atom stereocenters. The summed E-state index contributed by atoms with van der Waals surface area (Å²) in [7, 11) is 0. The topological polar surface area (TPSA) is 41.1 Å². The van der Waals surface area contributed by atoms with Gasteiger partial charge in [0.25, 0.3) is 5.91 Å². The van der Waals surface area contributed by atoms with Gasteiger partial charge in [0.1, 0.15) is 6.17 Å². The van der Waals surface area contributed by atoms with Crippen LogP contribution in [0.5, 0.6) is 0 Å². The second-order valence-electron chi connectivity index (χ2n) is 4.58. The summed E-state index contributed by atoms with van der Waals surface area (Å²) in [6.07, 6.45) is -0.881. The first-order chi connectivity index (χ1) is 10.8. The van der Waals surface area contributed by atoms with Crippen molar-refractivity contribution in [2.24, 2.45) is 0 Å². The van der Waals surface area contributed by atoms with E-state index in [4.69, 9.17) is 34.8 Å². The SMILES string of the molecule is O=C(NC(Nc1ccccc1I)C(Cl)(Cl)Cl)c1cccc(I)c1. The van der Waals surface area contributed by atoms with Gasteiger partial charge in [0.05, 0.1) is 0 Å². The van der Waals surface area contributed by atoms with Crippen LogP contribution in [0.4, 0.5) is 5.69 Å². The van der Waals surface area contributed by atoms with Crippen LogP contribution in [0.3, 0.4) is 0 Å². The second-order valence-corrected chi connectivity index (χ2v) is 9.36. The van der Waals surface area contributed by atoms with Gasteiger partial charge in [-0.15, -0.1) is 0 Å². The summed E-state index contributed by atoms with van der Waals surface area (Å²) in [5.74, 6) is -0.321. The van der Waals surface area contributed by atoms with Crippen LogP contribution in [0, 0.1) is 7.14 Å². The van der Waals surface area contributed by atoms with Crippen molar-refractivity contribution in [3.8, 4) is 0 Å². The molecule has 3 nitrogen and oxygen atoms in total. The molecule has 23 heavy (non-hydrogen) atoms. The predicted octanol–water partition coefficient (Wildman–Crippen LogP) is 5.43. The number of carbonyl (C=O) groups is 1. The Morgan fingerprint density at radius 3 is 2.35 bits per heavy atom. The first-order valence-electron chi connectivity index (χ1n) is 6.41. The van der Waals surface area contributed by atoms with Gasteiger partial charge in [0.2, 0.25) is 3.79 Å². The van der Waals surface area contributed by atoms with Crippen molar-refractivity contribution < 1.29 is 4.79 Å². The van der Waals surface area contributed by atoms with Gasteiger partial charge < -0.3 is 10.6 Å². The van der Waals surface area contributed by atoms with E-state index in [0.29, 0.717) is 5.56 Å². The number of carbonyl (C=O) groups excluding carboxylic acids is 1. The lowest BCUT2D eigenvalue weighted by Crippen LogP contribution is -2.49. The first kappa shape index (κ1) is 19.4. The monoisotopic (exact) mass is 594 g/mol. The van der Waals surface area contributed by atoms with Gasteiger partial charge in [-0.1, -0.05) is 53.0 Å². The van der Waals surface area contributed by atoms with E-state index in [1.807, 2.05) is 30.3 Å². The lowest BCUT2D eigenvalue weighted by molar-refractivity contribution is 0.0942. The molecule has 1 atom stereocenters. The molecule has 122 valence electrons. The molecule has 2 aromatic rings. The zero-order valence-corrected chi connectivity index (χ0v) is 18.1.